The second-order valence-corrected chi connectivity index (χ2v) is 6.12. The Kier molecular flexibility index (Phi) is 5.58. The standard InChI is InChI=1S/C18H19F2N5O2/c1-2-17(26)21-7-6-18(27)24-8-9-25-15(22-23-16(25)11-24)10-12-13(19)4-3-5-14(12)20/h2-5H,1,6-11H2,(H,21,26). The summed E-state index contributed by atoms with van der Waals surface area (Å²) >= 11 is 0. The Morgan fingerprint density at radius 1 is 1.22 bits per heavy atom. The van der Waals surface area contributed by atoms with Crippen LogP contribution >= 0.6 is 0 Å². The van der Waals surface area contributed by atoms with Crippen LogP contribution < -0.4 is 5.32 Å². The molecule has 0 saturated carbocycles. The summed E-state index contributed by atoms with van der Waals surface area (Å²) in [5.74, 6) is -0.666. The zero-order valence-corrected chi connectivity index (χ0v) is 14.6. The van der Waals surface area contributed by atoms with Gasteiger partial charge in [-0.05, 0) is 18.2 Å². The molecular weight excluding hydrogens is 356 g/mol. The van der Waals surface area contributed by atoms with E-state index in [1.54, 1.807) is 9.47 Å². The van der Waals surface area contributed by atoms with Gasteiger partial charge in [0.15, 0.2) is 5.82 Å². The molecule has 0 atom stereocenters. The van der Waals surface area contributed by atoms with E-state index < -0.39 is 11.6 Å². The van der Waals surface area contributed by atoms with Crippen LogP contribution in [0.15, 0.2) is 30.9 Å². The molecule has 0 radical (unpaired) electrons. The molecule has 1 N–H and O–H groups in total. The van der Waals surface area contributed by atoms with Crippen molar-refractivity contribution in [3.05, 3.63) is 59.7 Å². The van der Waals surface area contributed by atoms with Gasteiger partial charge < -0.3 is 14.8 Å². The van der Waals surface area contributed by atoms with Crippen molar-refractivity contribution >= 4 is 11.8 Å². The van der Waals surface area contributed by atoms with Gasteiger partial charge in [0.2, 0.25) is 11.8 Å². The highest BCUT2D eigenvalue weighted by Gasteiger charge is 2.25. The van der Waals surface area contributed by atoms with Crippen LogP contribution in [0, 0.1) is 11.6 Å². The zero-order chi connectivity index (χ0) is 19.4. The van der Waals surface area contributed by atoms with E-state index in [-0.39, 0.29) is 43.3 Å². The Morgan fingerprint density at radius 2 is 1.96 bits per heavy atom. The summed E-state index contributed by atoms with van der Waals surface area (Å²) in [6, 6.07) is 3.73. The lowest BCUT2D eigenvalue weighted by Gasteiger charge is -2.28. The number of halogens is 2. The monoisotopic (exact) mass is 375 g/mol. The van der Waals surface area contributed by atoms with Crippen molar-refractivity contribution in [2.45, 2.75) is 25.9 Å². The van der Waals surface area contributed by atoms with Gasteiger partial charge >= 0.3 is 0 Å². The first kappa shape index (κ1) is 18.7. The highest BCUT2D eigenvalue weighted by atomic mass is 19.1. The predicted octanol–water partition coefficient (Wildman–Crippen LogP) is 1.18. The van der Waals surface area contributed by atoms with Gasteiger partial charge in [-0.25, -0.2) is 8.78 Å². The second kappa shape index (κ2) is 8.07. The Labute approximate surface area is 154 Å². The normalized spacial score (nSPS) is 13.2. The summed E-state index contributed by atoms with van der Waals surface area (Å²) in [7, 11) is 0. The van der Waals surface area contributed by atoms with Gasteiger partial charge in [0.05, 0.1) is 6.54 Å². The minimum absolute atomic E-state index is 0.00691. The summed E-state index contributed by atoms with van der Waals surface area (Å²) in [5, 5.41) is 10.7. The van der Waals surface area contributed by atoms with E-state index in [0.717, 1.165) is 6.08 Å². The molecule has 3 rings (SSSR count). The average Bonchev–Trinajstić information content (AvgIpc) is 3.06. The number of hydrogen-bond acceptors (Lipinski definition) is 4. The molecule has 2 heterocycles. The van der Waals surface area contributed by atoms with Crippen molar-refractivity contribution in [1.82, 2.24) is 25.0 Å². The van der Waals surface area contributed by atoms with Crippen LogP contribution in [-0.2, 0) is 29.1 Å². The van der Waals surface area contributed by atoms with Crippen LogP contribution in [0.2, 0.25) is 0 Å². The van der Waals surface area contributed by atoms with Gasteiger partial charge in [-0.2, -0.15) is 0 Å². The molecule has 0 unspecified atom stereocenters. The van der Waals surface area contributed by atoms with Crippen LogP contribution in [0.3, 0.4) is 0 Å². The summed E-state index contributed by atoms with van der Waals surface area (Å²) in [6.07, 6.45) is 1.31. The van der Waals surface area contributed by atoms with Crippen molar-refractivity contribution in [3.63, 3.8) is 0 Å². The number of carbonyl (C=O) groups excluding carboxylic acids is 2. The molecule has 0 aliphatic carbocycles. The molecule has 142 valence electrons. The number of nitrogens with zero attached hydrogens (tertiary/aromatic N) is 4. The number of benzene rings is 1. The van der Waals surface area contributed by atoms with Gasteiger partial charge in [0.1, 0.15) is 17.5 Å². The number of hydrogen-bond donors (Lipinski definition) is 1. The molecule has 2 amide bonds. The van der Waals surface area contributed by atoms with Crippen molar-refractivity contribution in [2.75, 3.05) is 13.1 Å². The molecule has 1 aliphatic heterocycles. The van der Waals surface area contributed by atoms with Gasteiger partial charge in [0, 0.05) is 38.0 Å². The fourth-order valence-corrected chi connectivity index (χ4v) is 2.94. The Bertz CT molecular complexity index is 860. The van der Waals surface area contributed by atoms with Gasteiger partial charge in [-0.3, -0.25) is 9.59 Å². The minimum Gasteiger partial charge on any atom is -0.352 e. The molecule has 0 bridgehead atoms. The average molecular weight is 375 g/mol. The first-order valence-electron chi connectivity index (χ1n) is 8.51. The summed E-state index contributed by atoms with van der Waals surface area (Å²) in [4.78, 5) is 25.0. The molecule has 0 fully saturated rings. The van der Waals surface area contributed by atoms with E-state index in [0.29, 0.717) is 24.7 Å². The van der Waals surface area contributed by atoms with Crippen molar-refractivity contribution in [3.8, 4) is 0 Å². The van der Waals surface area contributed by atoms with E-state index in [4.69, 9.17) is 0 Å². The van der Waals surface area contributed by atoms with Crippen molar-refractivity contribution in [2.24, 2.45) is 0 Å². The Hall–Kier alpha value is -3.10. The molecule has 1 aromatic carbocycles. The third kappa shape index (κ3) is 4.18. The van der Waals surface area contributed by atoms with E-state index >= 15 is 0 Å². The van der Waals surface area contributed by atoms with Gasteiger partial charge in [-0.15, -0.1) is 10.2 Å². The highest BCUT2D eigenvalue weighted by molar-refractivity contribution is 5.87. The van der Waals surface area contributed by atoms with Crippen LogP contribution in [0.5, 0.6) is 0 Å². The molecule has 1 aliphatic rings. The van der Waals surface area contributed by atoms with E-state index in [2.05, 4.69) is 22.1 Å². The van der Waals surface area contributed by atoms with Crippen LogP contribution in [-0.4, -0.2) is 44.6 Å². The summed E-state index contributed by atoms with van der Waals surface area (Å²) in [6.45, 7) is 4.72. The molecule has 9 heteroatoms. The lowest BCUT2D eigenvalue weighted by Crippen LogP contribution is -2.40. The first-order valence-corrected chi connectivity index (χ1v) is 8.51. The van der Waals surface area contributed by atoms with Crippen LogP contribution in [0.1, 0.15) is 23.6 Å². The number of aromatic nitrogens is 3. The number of nitrogens with one attached hydrogen (secondary N) is 1. The zero-order valence-electron chi connectivity index (χ0n) is 14.6. The smallest absolute Gasteiger partial charge is 0.243 e. The number of fused-ring (bicyclic) bond motifs is 1. The molecular formula is C18H19F2N5O2. The first-order chi connectivity index (χ1) is 13.0. The fraction of sp³-hybridized carbons (Fsp3) is 0.333. The Balaban J connectivity index is 1.64. The molecule has 0 spiro atoms. The predicted molar refractivity (Wildman–Crippen MR) is 92.4 cm³/mol. The third-order valence-corrected chi connectivity index (χ3v) is 4.40. The lowest BCUT2D eigenvalue weighted by atomic mass is 10.1. The second-order valence-electron chi connectivity index (χ2n) is 6.12. The summed E-state index contributed by atoms with van der Waals surface area (Å²) < 4.78 is 29.5. The number of rotatable bonds is 6. The molecule has 1 aromatic heterocycles. The van der Waals surface area contributed by atoms with Crippen molar-refractivity contribution < 1.29 is 18.4 Å². The molecule has 27 heavy (non-hydrogen) atoms. The topological polar surface area (TPSA) is 80.1 Å². The Morgan fingerprint density at radius 3 is 2.67 bits per heavy atom. The third-order valence-electron chi connectivity index (χ3n) is 4.40. The van der Waals surface area contributed by atoms with E-state index in [1.807, 2.05) is 0 Å². The van der Waals surface area contributed by atoms with E-state index in [1.165, 1.54) is 18.2 Å². The molecule has 2 aromatic rings. The van der Waals surface area contributed by atoms with Crippen LogP contribution in [0.4, 0.5) is 8.78 Å². The number of carbonyl (C=O) groups is 2. The van der Waals surface area contributed by atoms with Crippen LogP contribution in [0.25, 0.3) is 0 Å². The summed E-state index contributed by atoms with van der Waals surface area (Å²) in [5.41, 5.74) is -0.0517. The SMILES string of the molecule is C=CC(=O)NCCC(=O)N1CCn2c(Cc3c(F)cccc3F)nnc2C1. The molecule has 0 saturated heterocycles. The van der Waals surface area contributed by atoms with Crippen molar-refractivity contribution in [1.29, 1.82) is 0 Å². The molecule has 7 nitrogen and oxygen atoms in total. The minimum atomic E-state index is -0.624. The van der Waals surface area contributed by atoms with Gasteiger partial charge in [0.25, 0.3) is 0 Å². The largest absolute Gasteiger partial charge is 0.352 e. The van der Waals surface area contributed by atoms with Gasteiger partial charge in [-0.1, -0.05) is 12.6 Å². The highest BCUT2D eigenvalue weighted by Crippen LogP contribution is 2.19. The number of amides is 2. The maximum Gasteiger partial charge on any atom is 0.243 e. The fourth-order valence-electron chi connectivity index (χ4n) is 2.94. The van der Waals surface area contributed by atoms with E-state index in [9.17, 15) is 18.4 Å². The lowest BCUT2D eigenvalue weighted by molar-refractivity contribution is -0.132. The maximum atomic E-state index is 13.9. The maximum absolute atomic E-state index is 13.9. The quantitative estimate of drug-likeness (QED) is 0.769.